The average Bonchev–Trinajstić information content (AvgIpc) is 2.78. The van der Waals surface area contributed by atoms with Crippen LogP contribution >= 0.6 is 34.2 Å². The first-order valence-electron chi connectivity index (χ1n) is 6.73. The predicted molar refractivity (Wildman–Crippen MR) is 89.8 cm³/mol. The van der Waals surface area contributed by atoms with Crippen LogP contribution in [0.25, 0.3) is 11.0 Å². The van der Waals surface area contributed by atoms with E-state index in [4.69, 9.17) is 11.6 Å². The van der Waals surface area contributed by atoms with Crippen LogP contribution in [0.2, 0.25) is 0 Å². The summed E-state index contributed by atoms with van der Waals surface area (Å²) >= 11 is 7.96. The molecule has 3 nitrogen and oxygen atoms in total. The monoisotopic (exact) mass is 409 g/mol. The molecule has 0 aliphatic rings. The van der Waals surface area contributed by atoms with Crippen molar-refractivity contribution in [1.82, 2.24) is 14.5 Å². The normalized spacial score (nSPS) is 11.7. The van der Waals surface area contributed by atoms with E-state index in [0.29, 0.717) is 9.45 Å². The molecule has 110 valence electrons. The molecule has 0 N–H and O–H groups in total. The van der Waals surface area contributed by atoms with Crippen molar-refractivity contribution in [2.45, 2.75) is 26.3 Å². The van der Waals surface area contributed by atoms with Gasteiger partial charge in [-0.25, -0.2) is 9.37 Å². The second kappa shape index (κ2) is 7.04. The molecule has 20 heavy (non-hydrogen) atoms. The molecule has 0 unspecified atom stereocenters. The summed E-state index contributed by atoms with van der Waals surface area (Å²) in [4.78, 5) is 6.83. The van der Waals surface area contributed by atoms with E-state index in [1.807, 2.05) is 27.2 Å². The second-order valence-electron chi connectivity index (χ2n) is 4.60. The number of halogens is 3. The summed E-state index contributed by atoms with van der Waals surface area (Å²) in [6.45, 7) is 7.98. The number of hydrogen-bond acceptors (Lipinski definition) is 2. The lowest BCUT2D eigenvalue weighted by Gasteiger charge is -2.19. The van der Waals surface area contributed by atoms with Gasteiger partial charge in [0.15, 0.2) is 0 Å². The molecule has 1 heterocycles. The lowest BCUT2D eigenvalue weighted by molar-refractivity contribution is 0.291. The Morgan fingerprint density at radius 3 is 2.65 bits per heavy atom. The lowest BCUT2D eigenvalue weighted by Crippen LogP contribution is -2.27. The Morgan fingerprint density at radius 1 is 1.35 bits per heavy atom. The van der Waals surface area contributed by atoms with Gasteiger partial charge in [0.1, 0.15) is 11.6 Å². The first-order valence-corrected chi connectivity index (χ1v) is 8.34. The molecule has 0 bridgehead atoms. The van der Waals surface area contributed by atoms with Crippen LogP contribution in [-0.2, 0) is 12.4 Å². The molecule has 1 aromatic carbocycles. The van der Waals surface area contributed by atoms with E-state index in [0.717, 1.165) is 43.0 Å². The minimum atomic E-state index is -0.205. The van der Waals surface area contributed by atoms with Crippen molar-refractivity contribution in [2.24, 2.45) is 0 Å². The minimum Gasteiger partial charge on any atom is -0.326 e. The summed E-state index contributed by atoms with van der Waals surface area (Å²) in [5.41, 5.74) is 1.64. The first kappa shape index (κ1) is 16.0. The van der Waals surface area contributed by atoms with Crippen LogP contribution in [0.3, 0.4) is 0 Å². The number of fused-ring (bicyclic) bond motifs is 1. The zero-order chi connectivity index (χ0) is 14.7. The third-order valence-corrected chi connectivity index (χ3v) is 4.59. The van der Waals surface area contributed by atoms with Crippen LogP contribution in [0.5, 0.6) is 0 Å². The third kappa shape index (κ3) is 3.26. The van der Waals surface area contributed by atoms with Gasteiger partial charge in [0, 0.05) is 19.2 Å². The highest BCUT2D eigenvalue weighted by Crippen LogP contribution is 2.22. The van der Waals surface area contributed by atoms with Crippen molar-refractivity contribution in [3.05, 3.63) is 27.3 Å². The molecule has 0 aliphatic carbocycles. The van der Waals surface area contributed by atoms with Gasteiger partial charge in [-0.2, -0.15) is 0 Å². The van der Waals surface area contributed by atoms with Gasteiger partial charge in [-0.15, -0.1) is 11.6 Å². The van der Waals surface area contributed by atoms with Crippen LogP contribution in [0.15, 0.2) is 12.1 Å². The van der Waals surface area contributed by atoms with Gasteiger partial charge in [-0.1, -0.05) is 13.8 Å². The lowest BCUT2D eigenvalue weighted by atomic mass is 10.3. The van der Waals surface area contributed by atoms with E-state index in [1.54, 1.807) is 12.1 Å². The molecule has 2 rings (SSSR count). The Balaban J connectivity index is 2.37. The van der Waals surface area contributed by atoms with Crippen molar-refractivity contribution in [3.63, 3.8) is 0 Å². The van der Waals surface area contributed by atoms with Gasteiger partial charge in [-0.3, -0.25) is 0 Å². The topological polar surface area (TPSA) is 21.1 Å². The number of aromatic nitrogens is 2. The zero-order valence-electron chi connectivity index (χ0n) is 11.7. The summed E-state index contributed by atoms with van der Waals surface area (Å²) in [5.74, 6) is 0.934. The van der Waals surface area contributed by atoms with Crippen LogP contribution in [0.4, 0.5) is 4.39 Å². The van der Waals surface area contributed by atoms with Crippen molar-refractivity contribution >= 4 is 45.2 Å². The Labute approximate surface area is 137 Å². The number of benzene rings is 1. The van der Waals surface area contributed by atoms with Crippen LogP contribution in [0.1, 0.15) is 19.7 Å². The number of alkyl halides is 1. The molecule has 0 amide bonds. The molecule has 0 saturated heterocycles. The Kier molecular flexibility index (Phi) is 5.63. The maximum atomic E-state index is 13.8. The number of likely N-dealkylation sites (N-methyl/N-ethyl adjacent to an activating group) is 1. The number of hydrogen-bond donors (Lipinski definition) is 0. The SMILES string of the molecule is CCN(CC)CCn1c(CCl)nc2cc(I)c(F)cc21. The van der Waals surface area contributed by atoms with E-state index in [9.17, 15) is 4.39 Å². The van der Waals surface area contributed by atoms with Gasteiger partial charge in [0.05, 0.1) is 20.5 Å². The Bertz CT molecular complexity index is 596. The van der Waals surface area contributed by atoms with Crippen LogP contribution in [-0.4, -0.2) is 34.1 Å². The van der Waals surface area contributed by atoms with Gasteiger partial charge < -0.3 is 9.47 Å². The highest BCUT2D eigenvalue weighted by molar-refractivity contribution is 14.1. The molecule has 6 heteroatoms. The molecule has 1 aromatic heterocycles. The van der Waals surface area contributed by atoms with Crippen LogP contribution < -0.4 is 0 Å². The molecule has 0 saturated carbocycles. The fourth-order valence-electron chi connectivity index (χ4n) is 2.30. The highest BCUT2D eigenvalue weighted by atomic mass is 127. The van der Waals surface area contributed by atoms with Crippen molar-refractivity contribution in [3.8, 4) is 0 Å². The molecule has 0 atom stereocenters. The second-order valence-corrected chi connectivity index (χ2v) is 6.02. The Hall–Kier alpha value is -0.400. The summed E-state index contributed by atoms with van der Waals surface area (Å²) in [5, 5.41) is 0. The van der Waals surface area contributed by atoms with Gasteiger partial charge in [0.2, 0.25) is 0 Å². The number of nitrogens with zero attached hydrogens (tertiary/aromatic N) is 3. The maximum Gasteiger partial charge on any atom is 0.138 e. The largest absolute Gasteiger partial charge is 0.326 e. The molecular weight excluding hydrogens is 392 g/mol. The number of imidazole rings is 1. The average molecular weight is 410 g/mol. The summed E-state index contributed by atoms with van der Waals surface area (Å²) < 4.78 is 16.4. The van der Waals surface area contributed by atoms with Gasteiger partial charge in [0.25, 0.3) is 0 Å². The van der Waals surface area contributed by atoms with Gasteiger partial charge in [-0.05, 0) is 41.7 Å². The van der Waals surface area contributed by atoms with Crippen molar-refractivity contribution < 1.29 is 4.39 Å². The number of rotatable bonds is 6. The van der Waals surface area contributed by atoms with E-state index < -0.39 is 0 Å². The molecule has 0 fully saturated rings. The summed E-state index contributed by atoms with van der Waals surface area (Å²) in [7, 11) is 0. The maximum absolute atomic E-state index is 13.8. The van der Waals surface area contributed by atoms with E-state index >= 15 is 0 Å². The fraction of sp³-hybridized carbons (Fsp3) is 0.500. The van der Waals surface area contributed by atoms with Crippen molar-refractivity contribution in [2.75, 3.05) is 19.6 Å². The van der Waals surface area contributed by atoms with Crippen LogP contribution in [0, 0.1) is 9.39 Å². The van der Waals surface area contributed by atoms with Gasteiger partial charge >= 0.3 is 0 Å². The van der Waals surface area contributed by atoms with E-state index in [2.05, 4.69) is 23.7 Å². The molecule has 0 radical (unpaired) electrons. The fourth-order valence-corrected chi connectivity index (χ4v) is 2.96. The third-order valence-electron chi connectivity index (χ3n) is 3.52. The standard InChI is InChI=1S/C14H18ClFIN3/c1-3-19(4-2)5-6-20-13-7-10(16)11(17)8-12(13)18-14(20)9-15/h7-8H,3-6,9H2,1-2H3. The molecule has 2 aromatic rings. The Morgan fingerprint density at radius 2 is 2.05 bits per heavy atom. The minimum absolute atomic E-state index is 0.205. The van der Waals surface area contributed by atoms with Crippen molar-refractivity contribution in [1.29, 1.82) is 0 Å². The summed E-state index contributed by atoms with van der Waals surface area (Å²) in [6, 6.07) is 3.33. The quantitative estimate of drug-likeness (QED) is 0.534. The van der Waals surface area contributed by atoms with E-state index in [1.165, 1.54) is 0 Å². The smallest absolute Gasteiger partial charge is 0.138 e. The summed E-state index contributed by atoms with van der Waals surface area (Å²) in [6.07, 6.45) is 0. The molecule has 0 spiro atoms. The predicted octanol–water partition coefficient (Wildman–Crippen LogP) is 3.86. The van der Waals surface area contributed by atoms with E-state index in [-0.39, 0.29) is 5.82 Å². The molecule has 0 aliphatic heterocycles. The zero-order valence-corrected chi connectivity index (χ0v) is 14.6. The molecular formula is C14H18ClFIN3. The first-order chi connectivity index (χ1) is 9.60. The highest BCUT2D eigenvalue weighted by Gasteiger charge is 2.13.